The van der Waals surface area contributed by atoms with Crippen molar-refractivity contribution in [2.24, 2.45) is 17.8 Å². The van der Waals surface area contributed by atoms with Crippen LogP contribution in [0.25, 0.3) is 0 Å². The van der Waals surface area contributed by atoms with Crippen LogP contribution in [0, 0.1) is 17.8 Å². The number of piperidine rings is 1. The molecule has 2 rings (SSSR count). The van der Waals surface area contributed by atoms with Crippen molar-refractivity contribution >= 4 is 5.91 Å². The second-order valence-corrected chi connectivity index (χ2v) is 6.21. The molecule has 3 heteroatoms. The Morgan fingerprint density at radius 3 is 2.72 bits per heavy atom. The van der Waals surface area contributed by atoms with E-state index < -0.39 is 0 Å². The Bertz CT molecular complexity index is 288. The molecule has 0 saturated carbocycles. The second-order valence-electron chi connectivity index (χ2n) is 6.21. The zero-order valence-electron chi connectivity index (χ0n) is 12.1. The van der Waals surface area contributed by atoms with E-state index in [1.54, 1.807) is 0 Å². The largest absolute Gasteiger partial charge is 0.339 e. The number of rotatable bonds is 4. The SMILES string of the molecule is CCCC1C(C)CCCN1C(=O)C(C)C1CNC1. The van der Waals surface area contributed by atoms with E-state index in [2.05, 4.69) is 31.0 Å². The molecule has 3 nitrogen and oxygen atoms in total. The van der Waals surface area contributed by atoms with Crippen molar-refractivity contribution in [3.05, 3.63) is 0 Å². The number of hydrogen-bond donors (Lipinski definition) is 1. The first kappa shape index (κ1) is 13.9. The molecule has 18 heavy (non-hydrogen) atoms. The summed E-state index contributed by atoms with van der Waals surface area (Å²) < 4.78 is 0. The average Bonchev–Trinajstić information content (AvgIpc) is 2.29. The summed E-state index contributed by atoms with van der Waals surface area (Å²) in [7, 11) is 0. The summed E-state index contributed by atoms with van der Waals surface area (Å²) in [5, 5.41) is 3.27. The molecule has 3 unspecified atom stereocenters. The monoisotopic (exact) mass is 252 g/mol. The highest BCUT2D eigenvalue weighted by Crippen LogP contribution is 2.29. The molecule has 0 aliphatic carbocycles. The van der Waals surface area contributed by atoms with Gasteiger partial charge in [-0.25, -0.2) is 0 Å². The van der Waals surface area contributed by atoms with Gasteiger partial charge in [0.1, 0.15) is 0 Å². The number of carbonyl (C=O) groups is 1. The van der Waals surface area contributed by atoms with Gasteiger partial charge in [-0.05, 0) is 44.2 Å². The average molecular weight is 252 g/mol. The summed E-state index contributed by atoms with van der Waals surface area (Å²) >= 11 is 0. The van der Waals surface area contributed by atoms with Crippen LogP contribution in [0.5, 0.6) is 0 Å². The van der Waals surface area contributed by atoms with Crippen molar-refractivity contribution in [1.82, 2.24) is 10.2 Å². The van der Waals surface area contributed by atoms with Crippen LogP contribution >= 0.6 is 0 Å². The molecule has 0 radical (unpaired) electrons. The summed E-state index contributed by atoms with van der Waals surface area (Å²) in [5.41, 5.74) is 0. The van der Waals surface area contributed by atoms with Crippen LogP contribution < -0.4 is 5.32 Å². The lowest BCUT2D eigenvalue weighted by molar-refractivity contribution is -0.142. The molecule has 0 aromatic carbocycles. The summed E-state index contributed by atoms with van der Waals surface area (Å²) in [6.07, 6.45) is 4.82. The lowest BCUT2D eigenvalue weighted by Crippen LogP contribution is -2.54. The summed E-state index contributed by atoms with van der Waals surface area (Å²) in [6, 6.07) is 0.492. The lowest BCUT2D eigenvalue weighted by atomic mass is 9.83. The van der Waals surface area contributed by atoms with Crippen LogP contribution in [0.3, 0.4) is 0 Å². The number of nitrogens with one attached hydrogen (secondary N) is 1. The van der Waals surface area contributed by atoms with E-state index in [0.717, 1.165) is 19.6 Å². The van der Waals surface area contributed by atoms with E-state index in [9.17, 15) is 4.79 Å². The van der Waals surface area contributed by atoms with Gasteiger partial charge in [0.2, 0.25) is 5.91 Å². The molecule has 0 aromatic heterocycles. The fourth-order valence-electron chi connectivity index (χ4n) is 3.39. The fourth-order valence-corrected chi connectivity index (χ4v) is 3.39. The third-order valence-corrected chi connectivity index (χ3v) is 4.89. The first-order valence-corrected chi connectivity index (χ1v) is 7.66. The van der Waals surface area contributed by atoms with E-state index >= 15 is 0 Å². The summed E-state index contributed by atoms with van der Waals surface area (Å²) in [4.78, 5) is 14.9. The van der Waals surface area contributed by atoms with Gasteiger partial charge in [-0.15, -0.1) is 0 Å². The normalized spacial score (nSPS) is 30.9. The zero-order valence-corrected chi connectivity index (χ0v) is 12.1. The van der Waals surface area contributed by atoms with Gasteiger partial charge in [-0.3, -0.25) is 4.79 Å². The van der Waals surface area contributed by atoms with Crippen LogP contribution in [0.2, 0.25) is 0 Å². The standard InChI is InChI=1S/C15H28N2O/c1-4-6-14-11(2)7-5-8-17(14)15(18)12(3)13-9-16-10-13/h11-14,16H,4-10H2,1-3H3. The highest BCUT2D eigenvalue weighted by atomic mass is 16.2. The topological polar surface area (TPSA) is 32.3 Å². The molecule has 2 saturated heterocycles. The van der Waals surface area contributed by atoms with Gasteiger partial charge in [0, 0.05) is 18.5 Å². The van der Waals surface area contributed by atoms with Gasteiger partial charge in [0.15, 0.2) is 0 Å². The minimum Gasteiger partial charge on any atom is -0.339 e. The summed E-state index contributed by atoms with van der Waals surface area (Å²) in [5.74, 6) is 1.86. The number of carbonyl (C=O) groups excluding carboxylic acids is 1. The maximum absolute atomic E-state index is 12.7. The third kappa shape index (κ3) is 2.71. The van der Waals surface area contributed by atoms with E-state index in [1.165, 1.54) is 25.7 Å². The highest BCUT2D eigenvalue weighted by molar-refractivity contribution is 5.79. The van der Waals surface area contributed by atoms with Gasteiger partial charge >= 0.3 is 0 Å². The molecule has 0 spiro atoms. The van der Waals surface area contributed by atoms with Crippen LogP contribution in [-0.2, 0) is 4.79 Å². The zero-order chi connectivity index (χ0) is 13.1. The van der Waals surface area contributed by atoms with Crippen LogP contribution in [0.15, 0.2) is 0 Å². The van der Waals surface area contributed by atoms with Gasteiger partial charge in [0.05, 0.1) is 0 Å². The van der Waals surface area contributed by atoms with Crippen LogP contribution in [0.1, 0.15) is 46.5 Å². The molecule has 3 atom stereocenters. The molecule has 0 bridgehead atoms. The Morgan fingerprint density at radius 2 is 2.17 bits per heavy atom. The third-order valence-electron chi connectivity index (χ3n) is 4.89. The fraction of sp³-hybridized carbons (Fsp3) is 0.933. The molecule has 0 aromatic rings. The van der Waals surface area contributed by atoms with E-state index in [1.807, 2.05) is 0 Å². The molecule has 1 amide bonds. The summed E-state index contributed by atoms with van der Waals surface area (Å²) in [6.45, 7) is 9.69. The minimum atomic E-state index is 0.205. The highest BCUT2D eigenvalue weighted by Gasteiger charge is 2.37. The molecule has 2 aliphatic heterocycles. The van der Waals surface area contributed by atoms with E-state index in [0.29, 0.717) is 23.8 Å². The number of hydrogen-bond acceptors (Lipinski definition) is 2. The number of nitrogens with zero attached hydrogens (tertiary/aromatic N) is 1. The van der Waals surface area contributed by atoms with Crippen LogP contribution in [0.4, 0.5) is 0 Å². The predicted octanol–water partition coefficient (Wildman–Crippen LogP) is 2.27. The van der Waals surface area contributed by atoms with Crippen molar-refractivity contribution < 1.29 is 4.79 Å². The molecule has 104 valence electrons. The molecule has 2 aliphatic rings. The van der Waals surface area contributed by atoms with Crippen molar-refractivity contribution in [2.45, 2.75) is 52.5 Å². The Kier molecular flexibility index (Phi) is 4.66. The van der Waals surface area contributed by atoms with Crippen molar-refractivity contribution in [2.75, 3.05) is 19.6 Å². The van der Waals surface area contributed by atoms with Crippen molar-refractivity contribution in [3.63, 3.8) is 0 Å². The predicted molar refractivity (Wildman–Crippen MR) is 74.3 cm³/mol. The maximum Gasteiger partial charge on any atom is 0.226 e. The quantitative estimate of drug-likeness (QED) is 0.832. The number of amides is 1. The van der Waals surface area contributed by atoms with E-state index in [-0.39, 0.29) is 5.92 Å². The van der Waals surface area contributed by atoms with Gasteiger partial charge in [0.25, 0.3) is 0 Å². The molecule has 1 N–H and O–H groups in total. The Morgan fingerprint density at radius 1 is 1.44 bits per heavy atom. The van der Waals surface area contributed by atoms with Crippen LogP contribution in [-0.4, -0.2) is 36.5 Å². The maximum atomic E-state index is 12.7. The second kappa shape index (κ2) is 6.05. The van der Waals surface area contributed by atoms with E-state index in [4.69, 9.17) is 0 Å². The van der Waals surface area contributed by atoms with Crippen molar-refractivity contribution in [3.8, 4) is 0 Å². The first-order valence-electron chi connectivity index (χ1n) is 7.66. The Labute approximate surface area is 111 Å². The smallest absolute Gasteiger partial charge is 0.226 e. The van der Waals surface area contributed by atoms with Gasteiger partial charge < -0.3 is 10.2 Å². The Hall–Kier alpha value is -0.570. The molecular weight excluding hydrogens is 224 g/mol. The molecule has 2 heterocycles. The minimum absolute atomic E-state index is 0.205. The molecule has 2 fully saturated rings. The lowest BCUT2D eigenvalue weighted by Gasteiger charge is -2.43. The van der Waals surface area contributed by atoms with Gasteiger partial charge in [-0.2, -0.15) is 0 Å². The van der Waals surface area contributed by atoms with Gasteiger partial charge in [-0.1, -0.05) is 27.2 Å². The molecular formula is C15H28N2O. The first-order chi connectivity index (χ1) is 8.65. The Balaban J connectivity index is 2.01. The van der Waals surface area contributed by atoms with Crippen molar-refractivity contribution in [1.29, 1.82) is 0 Å². The number of likely N-dealkylation sites (tertiary alicyclic amines) is 1.